The van der Waals surface area contributed by atoms with Crippen molar-refractivity contribution in [1.29, 1.82) is 0 Å². The van der Waals surface area contributed by atoms with E-state index in [1.165, 1.54) is 11.1 Å². The number of amides is 1. The molecule has 2 aromatic rings. The summed E-state index contributed by atoms with van der Waals surface area (Å²) in [6.07, 6.45) is 1.03. The van der Waals surface area contributed by atoms with Crippen LogP contribution in [0.1, 0.15) is 39.0 Å². The Bertz CT molecular complexity index is 716. The molecule has 25 heavy (non-hydrogen) atoms. The van der Waals surface area contributed by atoms with Crippen LogP contribution in [-0.4, -0.2) is 41.9 Å². The average molecular weight is 336 g/mol. The molecule has 3 heteroatoms. The highest BCUT2D eigenvalue weighted by molar-refractivity contribution is 5.97. The van der Waals surface area contributed by atoms with Crippen molar-refractivity contribution in [2.45, 2.75) is 33.7 Å². The zero-order valence-corrected chi connectivity index (χ0v) is 15.6. The van der Waals surface area contributed by atoms with E-state index in [1.807, 2.05) is 18.7 Å². The molecule has 1 aliphatic heterocycles. The highest BCUT2D eigenvalue weighted by Crippen LogP contribution is 2.20. The fourth-order valence-corrected chi connectivity index (χ4v) is 3.85. The Morgan fingerprint density at radius 1 is 0.920 bits per heavy atom. The van der Waals surface area contributed by atoms with Crippen LogP contribution in [0.15, 0.2) is 42.5 Å². The molecule has 0 aliphatic carbocycles. The van der Waals surface area contributed by atoms with Gasteiger partial charge in [0.05, 0.1) is 0 Å². The molecule has 2 aromatic carbocycles. The van der Waals surface area contributed by atoms with Crippen molar-refractivity contribution in [3.8, 4) is 0 Å². The Kier molecular flexibility index (Phi) is 5.54. The molecule has 0 aromatic heterocycles. The topological polar surface area (TPSA) is 23.6 Å². The van der Waals surface area contributed by atoms with Gasteiger partial charge in [-0.1, -0.05) is 48.0 Å². The third-order valence-electron chi connectivity index (χ3n) is 5.02. The zero-order chi connectivity index (χ0) is 17.8. The average Bonchev–Trinajstić information content (AvgIpc) is 2.80. The predicted molar refractivity (Wildman–Crippen MR) is 103 cm³/mol. The van der Waals surface area contributed by atoms with Crippen molar-refractivity contribution in [2.24, 2.45) is 0 Å². The molecule has 1 heterocycles. The van der Waals surface area contributed by atoms with Gasteiger partial charge in [-0.05, 0) is 43.9 Å². The zero-order valence-electron chi connectivity index (χ0n) is 15.6. The maximum absolute atomic E-state index is 13.1. The number of aryl methyl sites for hydroxylation is 3. The Labute approximate surface area is 151 Å². The minimum atomic E-state index is 0.191. The Balaban J connectivity index is 1.68. The number of carbonyl (C=O) groups is 1. The molecule has 1 saturated heterocycles. The van der Waals surface area contributed by atoms with Gasteiger partial charge in [-0.3, -0.25) is 9.69 Å². The van der Waals surface area contributed by atoms with Crippen LogP contribution in [0, 0.1) is 20.8 Å². The lowest BCUT2D eigenvalue weighted by atomic mass is 9.98. The van der Waals surface area contributed by atoms with Crippen molar-refractivity contribution in [3.05, 3.63) is 70.3 Å². The van der Waals surface area contributed by atoms with E-state index in [0.29, 0.717) is 0 Å². The van der Waals surface area contributed by atoms with E-state index in [2.05, 4.69) is 54.3 Å². The van der Waals surface area contributed by atoms with E-state index in [4.69, 9.17) is 0 Å². The molecule has 0 atom stereocenters. The highest BCUT2D eigenvalue weighted by atomic mass is 16.2. The minimum absolute atomic E-state index is 0.191. The fraction of sp³-hybridized carbons (Fsp3) is 0.409. The third kappa shape index (κ3) is 4.29. The number of hydrogen-bond acceptors (Lipinski definition) is 2. The summed E-state index contributed by atoms with van der Waals surface area (Å²) in [6.45, 7) is 10.8. The quantitative estimate of drug-likeness (QED) is 0.847. The maximum Gasteiger partial charge on any atom is 0.254 e. The van der Waals surface area contributed by atoms with E-state index in [-0.39, 0.29) is 5.91 Å². The predicted octanol–water partition coefficient (Wildman–Crippen LogP) is 3.96. The molecular formula is C22H28N2O. The summed E-state index contributed by atoms with van der Waals surface area (Å²) in [5, 5.41) is 0. The van der Waals surface area contributed by atoms with Crippen molar-refractivity contribution in [2.75, 3.05) is 26.2 Å². The molecule has 3 nitrogen and oxygen atoms in total. The van der Waals surface area contributed by atoms with Crippen molar-refractivity contribution in [1.82, 2.24) is 9.80 Å². The first-order chi connectivity index (χ1) is 12.0. The van der Waals surface area contributed by atoms with E-state index in [9.17, 15) is 4.79 Å². The van der Waals surface area contributed by atoms with Crippen LogP contribution in [0.25, 0.3) is 0 Å². The normalized spacial score (nSPS) is 15.9. The fourth-order valence-electron chi connectivity index (χ4n) is 3.85. The largest absolute Gasteiger partial charge is 0.337 e. The van der Waals surface area contributed by atoms with Gasteiger partial charge < -0.3 is 4.90 Å². The summed E-state index contributed by atoms with van der Waals surface area (Å²) in [4.78, 5) is 17.6. The van der Waals surface area contributed by atoms with Crippen molar-refractivity contribution in [3.63, 3.8) is 0 Å². The van der Waals surface area contributed by atoms with Crippen molar-refractivity contribution < 1.29 is 4.79 Å². The van der Waals surface area contributed by atoms with E-state index in [0.717, 1.165) is 55.8 Å². The Hall–Kier alpha value is -2.13. The van der Waals surface area contributed by atoms with Crippen LogP contribution in [0.5, 0.6) is 0 Å². The second-order valence-corrected chi connectivity index (χ2v) is 7.18. The second kappa shape index (κ2) is 7.83. The van der Waals surface area contributed by atoms with E-state index in [1.54, 1.807) is 0 Å². The first kappa shape index (κ1) is 17.7. The third-order valence-corrected chi connectivity index (χ3v) is 5.02. The van der Waals surface area contributed by atoms with Crippen LogP contribution in [0.3, 0.4) is 0 Å². The number of benzene rings is 2. The van der Waals surface area contributed by atoms with E-state index >= 15 is 0 Å². The monoisotopic (exact) mass is 336 g/mol. The minimum Gasteiger partial charge on any atom is -0.337 e. The first-order valence-corrected chi connectivity index (χ1v) is 9.18. The number of nitrogens with zero attached hydrogens (tertiary/aromatic N) is 2. The first-order valence-electron chi connectivity index (χ1n) is 9.18. The summed E-state index contributed by atoms with van der Waals surface area (Å²) in [5.41, 5.74) is 5.63. The molecule has 1 fully saturated rings. The molecule has 1 aliphatic rings. The maximum atomic E-state index is 13.1. The molecular weight excluding hydrogens is 308 g/mol. The van der Waals surface area contributed by atoms with Crippen LogP contribution >= 0.6 is 0 Å². The standard InChI is InChI=1S/C22H28N2O/c1-17-14-18(2)21(19(3)15-17)22(25)24-11-7-10-23(12-13-24)16-20-8-5-4-6-9-20/h4-6,8-9,14-15H,7,10-13,16H2,1-3H3. The highest BCUT2D eigenvalue weighted by Gasteiger charge is 2.22. The van der Waals surface area contributed by atoms with Gasteiger partial charge in [0.15, 0.2) is 0 Å². The van der Waals surface area contributed by atoms with Gasteiger partial charge in [0.2, 0.25) is 0 Å². The molecule has 0 radical (unpaired) electrons. The van der Waals surface area contributed by atoms with Gasteiger partial charge in [0.25, 0.3) is 5.91 Å². The summed E-state index contributed by atoms with van der Waals surface area (Å²) in [7, 11) is 0. The van der Waals surface area contributed by atoms with Crippen LogP contribution in [0.4, 0.5) is 0 Å². The lowest BCUT2D eigenvalue weighted by molar-refractivity contribution is 0.0759. The molecule has 0 N–H and O–H groups in total. The Morgan fingerprint density at radius 3 is 2.28 bits per heavy atom. The molecule has 0 bridgehead atoms. The van der Waals surface area contributed by atoms with E-state index < -0.39 is 0 Å². The smallest absolute Gasteiger partial charge is 0.254 e. The van der Waals surface area contributed by atoms with Gasteiger partial charge >= 0.3 is 0 Å². The second-order valence-electron chi connectivity index (χ2n) is 7.18. The molecule has 0 unspecified atom stereocenters. The number of rotatable bonds is 3. The van der Waals surface area contributed by atoms with Crippen molar-refractivity contribution >= 4 is 5.91 Å². The lowest BCUT2D eigenvalue weighted by Gasteiger charge is -2.23. The molecule has 132 valence electrons. The summed E-state index contributed by atoms with van der Waals surface area (Å²) < 4.78 is 0. The van der Waals surface area contributed by atoms with Gasteiger partial charge in [0, 0.05) is 38.3 Å². The Morgan fingerprint density at radius 2 is 1.60 bits per heavy atom. The van der Waals surface area contributed by atoms with Gasteiger partial charge in [-0.15, -0.1) is 0 Å². The molecule has 3 rings (SSSR count). The summed E-state index contributed by atoms with van der Waals surface area (Å²) in [6, 6.07) is 14.8. The molecule has 0 spiro atoms. The van der Waals surface area contributed by atoms with Gasteiger partial charge in [-0.2, -0.15) is 0 Å². The van der Waals surface area contributed by atoms with Crippen LogP contribution in [-0.2, 0) is 6.54 Å². The lowest BCUT2D eigenvalue weighted by Crippen LogP contribution is -2.35. The molecule has 0 saturated carbocycles. The number of carbonyl (C=O) groups excluding carboxylic acids is 1. The summed E-state index contributed by atoms with van der Waals surface area (Å²) >= 11 is 0. The van der Waals surface area contributed by atoms with Crippen LogP contribution in [0.2, 0.25) is 0 Å². The van der Waals surface area contributed by atoms with Gasteiger partial charge in [0.1, 0.15) is 0 Å². The van der Waals surface area contributed by atoms with Crippen LogP contribution < -0.4 is 0 Å². The molecule has 1 amide bonds. The SMILES string of the molecule is Cc1cc(C)c(C(=O)N2CCCN(Cc3ccccc3)CC2)c(C)c1. The summed E-state index contributed by atoms with van der Waals surface area (Å²) in [5.74, 6) is 0.191. The van der Waals surface area contributed by atoms with Gasteiger partial charge in [-0.25, -0.2) is 0 Å². The number of hydrogen-bond donors (Lipinski definition) is 0.